The molecule has 2 aromatic heterocycles. The average molecular weight is 357 g/mol. The predicted molar refractivity (Wildman–Crippen MR) is 83.2 cm³/mol. The third kappa shape index (κ3) is 3.97. The lowest BCUT2D eigenvalue weighted by Crippen LogP contribution is -2.34. The first-order valence-corrected chi connectivity index (χ1v) is 8.09. The van der Waals surface area contributed by atoms with Crippen LogP contribution in [0, 0.1) is 0 Å². The Morgan fingerprint density at radius 1 is 1.42 bits per heavy atom. The Kier molecular flexibility index (Phi) is 4.61. The van der Waals surface area contributed by atoms with E-state index in [1.54, 1.807) is 11.0 Å². The van der Waals surface area contributed by atoms with Crippen molar-refractivity contribution in [3.63, 3.8) is 0 Å². The lowest BCUT2D eigenvalue weighted by molar-refractivity contribution is -0.137. The van der Waals surface area contributed by atoms with Gasteiger partial charge in [-0.3, -0.25) is 5.32 Å². The smallest absolute Gasteiger partial charge is 0.416 e. The van der Waals surface area contributed by atoms with E-state index in [0.29, 0.717) is 19.5 Å². The molecular formula is C15H14F3N3O2S. The molecule has 0 radical (unpaired) electrons. The molecule has 3 rings (SSSR count). The van der Waals surface area contributed by atoms with Gasteiger partial charge < -0.3 is 9.64 Å². The number of nitrogens with zero attached hydrogens (tertiary/aromatic N) is 2. The summed E-state index contributed by atoms with van der Waals surface area (Å²) < 4.78 is 43.6. The molecule has 128 valence electrons. The normalized spacial score (nSPS) is 17.8. The highest BCUT2D eigenvalue weighted by Crippen LogP contribution is 2.31. The fourth-order valence-corrected chi connectivity index (χ4v) is 2.97. The van der Waals surface area contributed by atoms with Crippen LogP contribution in [0.2, 0.25) is 0 Å². The molecule has 0 bridgehead atoms. The molecule has 1 fully saturated rings. The number of ether oxygens (including phenoxy) is 1. The van der Waals surface area contributed by atoms with Crippen LogP contribution in [0.1, 0.15) is 12.0 Å². The number of nitrogens with one attached hydrogen (secondary N) is 1. The summed E-state index contributed by atoms with van der Waals surface area (Å²) in [6, 6.07) is 5.13. The Morgan fingerprint density at radius 3 is 2.96 bits per heavy atom. The number of anilines is 1. The molecule has 24 heavy (non-hydrogen) atoms. The van der Waals surface area contributed by atoms with E-state index in [0.717, 1.165) is 23.3 Å². The number of amides is 2. The SMILES string of the molecule is O=C(Nc1cccs1)N1CC[C@@H](Oc2cc(C(F)(F)F)ccn2)C1. The van der Waals surface area contributed by atoms with E-state index < -0.39 is 11.7 Å². The highest BCUT2D eigenvalue weighted by atomic mass is 32.1. The van der Waals surface area contributed by atoms with Gasteiger partial charge in [-0.2, -0.15) is 13.2 Å². The summed E-state index contributed by atoms with van der Waals surface area (Å²) in [4.78, 5) is 17.5. The molecule has 1 aliphatic heterocycles. The third-order valence-electron chi connectivity index (χ3n) is 3.53. The Hall–Kier alpha value is -2.29. The average Bonchev–Trinajstić information content (AvgIpc) is 3.18. The zero-order chi connectivity index (χ0) is 17.2. The van der Waals surface area contributed by atoms with Crippen molar-refractivity contribution in [2.45, 2.75) is 18.7 Å². The lowest BCUT2D eigenvalue weighted by Gasteiger charge is -2.17. The fourth-order valence-electron chi connectivity index (χ4n) is 2.36. The fraction of sp³-hybridized carbons (Fsp3) is 0.333. The van der Waals surface area contributed by atoms with Crippen LogP contribution < -0.4 is 10.1 Å². The molecule has 0 aromatic carbocycles. The number of carbonyl (C=O) groups excluding carboxylic acids is 1. The van der Waals surface area contributed by atoms with Gasteiger partial charge in [-0.1, -0.05) is 0 Å². The number of thiophene rings is 1. The molecule has 5 nitrogen and oxygen atoms in total. The number of carbonyl (C=O) groups is 1. The molecule has 0 aliphatic carbocycles. The molecule has 1 N–H and O–H groups in total. The molecule has 2 amide bonds. The maximum atomic E-state index is 12.7. The summed E-state index contributed by atoms with van der Waals surface area (Å²) in [5.41, 5.74) is -0.808. The third-order valence-corrected chi connectivity index (χ3v) is 4.32. The minimum Gasteiger partial charge on any atom is -0.472 e. The maximum Gasteiger partial charge on any atom is 0.416 e. The molecule has 0 unspecified atom stereocenters. The Labute approximate surface area is 140 Å². The summed E-state index contributed by atoms with van der Waals surface area (Å²) in [6.07, 6.45) is -3.22. The van der Waals surface area contributed by atoms with Crippen LogP contribution in [0.3, 0.4) is 0 Å². The van der Waals surface area contributed by atoms with Crippen molar-refractivity contribution < 1.29 is 22.7 Å². The van der Waals surface area contributed by atoms with Crippen molar-refractivity contribution in [3.05, 3.63) is 41.4 Å². The predicted octanol–water partition coefficient (Wildman–Crippen LogP) is 3.85. The van der Waals surface area contributed by atoms with Crippen molar-refractivity contribution in [1.29, 1.82) is 0 Å². The number of hydrogen-bond acceptors (Lipinski definition) is 4. The van der Waals surface area contributed by atoms with Gasteiger partial charge in [-0.15, -0.1) is 11.3 Å². The van der Waals surface area contributed by atoms with Crippen LogP contribution in [0.4, 0.5) is 23.0 Å². The number of pyridine rings is 1. The van der Waals surface area contributed by atoms with E-state index in [4.69, 9.17) is 4.74 Å². The van der Waals surface area contributed by atoms with E-state index in [2.05, 4.69) is 10.3 Å². The first-order valence-electron chi connectivity index (χ1n) is 7.21. The van der Waals surface area contributed by atoms with Crippen LogP contribution >= 0.6 is 11.3 Å². The standard InChI is InChI=1S/C15H14F3N3O2S/c16-15(17,18)10-3-5-19-12(8-10)23-11-4-6-21(9-11)14(22)20-13-2-1-7-24-13/h1-3,5,7-8,11H,4,6,9H2,(H,20,22)/t11-/m1/s1. The quantitative estimate of drug-likeness (QED) is 0.908. The molecule has 3 heterocycles. The topological polar surface area (TPSA) is 54.5 Å². The van der Waals surface area contributed by atoms with Crippen LogP contribution in [-0.2, 0) is 6.18 Å². The van der Waals surface area contributed by atoms with Gasteiger partial charge in [-0.05, 0) is 23.6 Å². The number of alkyl halides is 3. The Balaban J connectivity index is 1.57. The van der Waals surface area contributed by atoms with Gasteiger partial charge in [0.2, 0.25) is 5.88 Å². The number of aromatic nitrogens is 1. The van der Waals surface area contributed by atoms with Crippen molar-refractivity contribution in [2.24, 2.45) is 0 Å². The zero-order valence-corrected chi connectivity index (χ0v) is 13.2. The van der Waals surface area contributed by atoms with E-state index in [1.807, 2.05) is 11.4 Å². The molecule has 1 atom stereocenters. The minimum atomic E-state index is -4.44. The van der Waals surface area contributed by atoms with Crippen LogP contribution in [-0.4, -0.2) is 35.1 Å². The molecule has 1 saturated heterocycles. The van der Waals surface area contributed by atoms with Gasteiger partial charge >= 0.3 is 12.2 Å². The van der Waals surface area contributed by atoms with Gasteiger partial charge in [0.05, 0.1) is 17.1 Å². The summed E-state index contributed by atoms with van der Waals surface area (Å²) in [6.45, 7) is 0.774. The number of rotatable bonds is 3. The second-order valence-electron chi connectivity index (χ2n) is 5.26. The first kappa shape index (κ1) is 16.6. The van der Waals surface area contributed by atoms with Crippen molar-refractivity contribution in [3.8, 4) is 5.88 Å². The number of urea groups is 1. The summed E-state index contributed by atoms with van der Waals surface area (Å²) in [5.74, 6) is -0.0876. The summed E-state index contributed by atoms with van der Waals surface area (Å²) in [5, 5.41) is 5.35. The Bertz CT molecular complexity index is 706. The van der Waals surface area contributed by atoms with Gasteiger partial charge in [0.15, 0.2) is 0 Å². The lowest BCUT2D eigenvalue weighted by atomic mass is 10.2. The molecule has 9 heteroatoms. The zero-order valence-electron chi connectivity index (χ0n) is 12.4. The van der Waals surface area contributed by atoms with Gasteiger partial charge in [0.1, 0.15) is 6.10 Å². The number of halogens is 3. The minimum absolute atomic E-state index is 0.0876. The second kappa shape index (κ2) is 6.68. The van der Waals surface area contributed by atoms with Gasteiger partial charge in [0.25, 0.3) is 0 Å². The van der Waals surface area contributed by atoms with Gasteiger partial charge in [0, 0.05) is 25.2 Å². The molecule has 0 spiro atoms. The van der Waals surface area contributed by atoms with E-state index in [1.165, 1.54) is 11.3 Å². The molecule has 1 aliphatic rings. The van der Waals surface area contributed by atoms with Crippen LogP contribution in [0.5, 0.6) is 5.88 Å². The van der Waals surface area contributed by atoms with E-state index >= 15 is 0 Å². The highest BCUT2D eigenvalue weighted by Gasteiger charge is 2.32. The van der Waals surface area contributed by atoms with Crippen molar-refractivity contribution >= 4 is 22.4 Å². The number of hydrogen-bond donors (Lipinski definition) is 1. The first-order chi connectivity index (χ1) is 11.4. The highest BCUT2D eigenvalue weighted by molar-refractivity contribution is 7.14. The van der Waals surface area contributed by atoms with Gasteiger partial charge in [-0.25, -0.2) is 9.78 Å². The molecule has 0 saturated carbocycles. The summed E-state index contributed by atoms with van der Waals surface area (Å²) >= 11 is 1.41. The van der Waals surface area contributed by atoms with Crippen molar-refractivity contribution in [1.82, 2.24) is 9.88 Å². The maximum absolute atomic E-state index is 12.7. The Morgan fingerprint density at radius 2 is 2.25 bits per heavy atom. The molecular weight excluding hydrogens is 343 g/mol. The van der Waals surface area contributed by atoms with Crippen LogP contribution in [0.25, 0.3) is 0 Å². The molecule has 2 aromatic rings. The van der Waals surface area contributed by atoms with E-state index in [-0.39, 0.29) is 18.0 Å². The summed E-state index contributed by atoms with van der Waals surface area (Å²) in [7, 11) is 0. The van der Waals surface area contributed by atoms with Crippen LogP contribution in [0.15, 0.2) is 35.8 Å². The van der Waals surface area contributed by atoms with Crippen molar-refractivity contribution in [2.75, 3.05) is 18.4 Å². The number of likely N-dealkylation sites (tertiary alicyclic amines) is 1. The second-order valence-corrected chi connectivity index (χ2v) is 6.21. The van der Waals surface area contributed by atoms with E-state index in [9.17, 15) is 18.0 Å². The monoisotopic (exact) mass is 357 g/mol. The largest absolute Gasteiger partial charge is 0.472 e.